The number of carbonyl (C=O) groups excluding carboxylic acids is 1. The van der Waals surface area contributed by atoms with Crippen molar-refractivity contribution >= 4 is 11.6 Å². The molecular weight excluding hydrogens is 332 g/mol. The first-order valence-electron chi connectivity index (χ1n) is 10.0. The summed E-state index contributed by atoms with van der Waals surface area (Å²) in [7, 11) is 0. The van der Waals surface area contributed by atoms with Crippen molar-refractivity contribution in [2.75, 3.05) is 11.9 Å². The van der Waals surface area contributed by atoms with Crippen LogP contribution in [-0.4, -0.2) is 12.5 Å². The SMILES string of the molecule is CC(C)c1cccc(C(C)C)c1NC(=O)CN[C@H](c1ccccc1)C(C)C. The van der Waals surface area contributed by atoms with Crippen LogP contribution in [0.15, 0.2) is 48.5 Å². The average molecular weight is 367 g/mol. The van der Waals surface area contributed by atoms with Crippen LogP contribution in [0.3, 0.4) is 0 Å². The number of hydrogen-bond donors (Lipinski definition) is 2. The Kier molecular flexibility index (Phi) is 7.61. The van der Waals surface area contributed by atoms with Crippen molar-refractivity contribution in [2.45, 2.75) is 59.4 Å². The van der Waals surface area contributed by atoms with Gasteiger partial charge >= 0.3 is 0 Å². The van der Waals surface area contributed by atoms with Crippen molar-refractivity contribution in [2.24, 2.45) is 5.92 Å². The van der Waals surface area contributed by atoms with E-state index in [1.54, 1.807) is 0 Å². The highest BCUT2D eigenvalue weighted by atomic mass is 16.1. The maximum absolute atomic E-state index is 12.7. The lowest BCUT2D eigenvalue weighted by atomic mass is 9.92. The van der Waals surface area contributed by atoms with Crippen molar-refractivity contribution < 1.29 is 4.79 Å². The molecule has 1 amide bonds. The number of carbonyl (C=O) groups is 1. The van der Waals surface area contributed by atoms with Gasteiger partial charge in [-0.15, -0.1) is 0 Å². The van der Waals surface area contributed by atoms with Gasteiger partial charge in [-0.25, -0.2) is 0 Å². The Morgan fingerprint density at radius 2 is 1.37 bits per heavy atom. The summed E-state index contributed by atoms with van der Waals surface area (Å²) in [6.07, 6.45) is 0. The molecule has 2 aromatic carbocycles. The molecular formula is C24H34N2O. The zero-order valence-corrected chi connectivity index (χ0v) is 17.5. The standard InChI is InChI=1S/C24H34N2O/c1-16(2)20-13-10-14-21(17(3)4)24(20)26-22(27)15-25-23(18(5)6)19-11-8-7-9-12-19/h7-14,16-18,23,25H,15H2,1-6H3,(H,26,27)/t23-/m0/s1. The summed E-state index contributed by atoms with van der Waals surface area (Å²) in [5.41, 5.74) is 4.58. The van der Waals surface area contributed by atoms with Gasteiger partial charge in [-0.2, -0.15) is 0 Å². The number of nitrogens with one attached hydrogen (secondary N) is 2. The molecule has 0 bridgehead atoms. The van der Waals surface area contributed by atoms with Crippen LogP contribution in [0.4, 0.5) is 5.69 Å². The van der Waals surface area contributed by atoms with E-state index in [9.17, 15) is 4.79 Å². The minimum atomic E-state index is 0.00609. The molecule has 2 N–H and O–H groups in total. The Labute approximate surface area is 164 Å². The Morgan fingerprint density at radius 3 is 1.85 bits per heavy atom. The Bertz CT molecular complexity index is 709. The molecule has 0 spiro atoms. The van der Waals surface area contributed by atoms with Crippen LogP contribution in [0.25, 0.3) is 0 Å². The molecule has 0 aliphatic rings. The minimum absolute atomic E-state index is 0.00609. The van der Waals surface area contributed by atoms with Crippen LogP contribution in [-0.2, 0) is 4.79 Å². The van der Waals surface area contributed by atoms with E-state index in [2.05, 4.69) is 82.5 Å². The van der Waals surface area contributed by atoms with E-state index in [0.717, 1.165) is 5.69 Å². The van der Waals surface area contributed by atoms with E-state index in [4.69, 9.17) is 0 Å². The van der Waals surface area contributed by atoms with Crippen LogP contribution in [0.1, 0.15) is 76.1 Å². The predicted octanol–water partition coefficient (Wildman–Crippen LogP) is 5.86. The van der Waals surface area contributed by atoms with E-state index in [1.165, 1.54) is 16.7 Å². The van der Waals surface area contributed by atoms with Gasteiger partial charge in [0.1, 0.15) is 0 Å². The Morgan fingerprint density at radius 1 is 0.815 bits per heavy atom. The number of anilines is 1. The zero-order chi connectivity index (χ0) is 20.0. The number of hydrogen-bond acceptors (Lipinski definition) is 2. The lowest BCUT2D eigenvalue weighted by Crippen LogP contribution is -2.34. The van der Waals surface area contributed by atoms with Crippen LogP contribution in [0, 0.1) is 5.92 Å². The molecule has 3 heteroatoms. The second-order valence-electron chi connectivity index (χ2n) is 8.18. The van der Waals surface area contributed by atoms with Gasteiger partial charge in [-0.1, -0.05) is 90.1 Å². The van der Waals surface area contributed by atoms with Gasteiger partial charge in [0.2, 0.25) is 5.91 Å². The monoisotopic (exact) mass is 366 g/mol. The average Bonchev–Trinajstić information content (AvgIpc) is 2.62. The number of amides is 1. The van der Waals surface area contributed by atoms with Gasteiger partial charge < -0.3 is 10.6 Å². The molecule has 27 heavy (non-hydrogen) atoms. The minimum Gasteiger partial charge on any atom is -0.324 e. The number of para-hydroxylation sites is 1. The van der Waals surface area contributed by atoms with E-state index in [1.807, 2.05) is 18.2 Å². The quantitative estimate of drug-likeness (QED) is 0.614. The first kappa shape index (κ1) is 21.2. The molecule has 2 aromatic rings. The highest BCUT2D eigenvalue weighted by molar-refractivity contribution is 5.94. The first-order chi connectivity index (χ1) is 12.8. The molecule has 0 fully saturated rings. The van der Waals surface area contributed by atoms with E-state index >= 15 is 0 Å². The first-order valence-corrected chi connectivity index (χ1v) is 10.0. The summed E-state index contributed by atoms with van der Waals surface area (Å²) < 4.78 is 0. The lowest BCUT2D eigenvalue weighted by Gasteiger charge is -2.24. The van der Waals surface area contributed by atoms with Crippen molar-refractivity contribution in [3.8, 4) is 0 Å². The molecule has 0 radical (unpaired) electrons. The molecule has 2 rings (SSSR count). The van der Waals surface area contributed by atoms with Crippen molar-refractivity contribution in [1.82, 2.24) is 5.32 Å². The predicted molar refractivity (Wildman–Crippen MR) is 115 cm³/mol. The third-order valence-corrected chi connectivity index (χ3v) is 4.95. The molecule has 0 unspecified atom stereocenters. The largest absolute Gasteiger partial charge is 0.324 e. The van der Waals surface area contributed by atoms with Gasteiger partial charge in [0, 0.05) is 11.7 Å². The normalized spacial score (nSPS) is 12.6. The Hall–Kier alpha value is -2.13. The highest BCUT2D eigenvalue weighted by Crippen LogP contribution is 2.32. The fourth-order valence-corrected chi connectivity index (χ4v) is 3.48. The summed E-state index contributed by atoms with van der Waals surface area (Å²) in [6, 6.07) is 16.8. The topological polar surface area (TPSA) is 41.1 Å². The van der Waals surface area contributed by atoms with Crippen LogP contribution < -0.4 is 10.6 Å². The van der Waals surface area contributed by atoms with Crippen LogP contribution in [0.2, 0.25) is 0 Å². The van der Waals surface area contributed by atoms with Gasteiger partial charge in [0.25, 0.3) is 0 Å². The van der Waals surface area contributed by atoms with Gasteiger partial charge in [0.05, 0.1) is 6.54 Å². The third-order valence-electron chi connectivity index (χ3n) is 4.95. The molecule has 146 valence electrons. The molecule has 0 aliphatic carbocycles. The zero-order valence-electron chi connectivity index (χ0n) is 17.5. The molecule has 0 aromatic heterocycles. The lowest BCUT2D eigenvalue weighted by molar-refractivity contribution is -0.115. The smallest absolute Gasteiger partial charge is 0.238 e. The second kappa shape index (κ2) is 9.70. The molecule has 0 saturated carbocycles. The molecule has 0 aliphatic heterocycles. The highest BCUT2D eigenvalue weighted by Gasteiger charge is 2.19. The molecule has 3 nitrogen and oxygen atoms in total. The molecule has 1 atom stereocenters. The van der Waals surface area contributed by atoms with E-state index in [0.29, 0.717) is 24.3 Å². The maximum Gasteiger partial charge on any atom is 0.238 e. The summed E-state index contributed by atoms with van der Waals surface area (Å²) in [4.78, 5) is 12.7. The molecule has 0 heterocycles. The maximum atomic E-state index is 12.7. The summed E-state index contributed by atoms with van der Waals surface area (Å²) in [5, 5.41) is 6.63. The van der Waals surface area contributed by atoms with Crippen molar-refractivity contribution in [3.05, 3.63) is 65.2 Å². The van der Waals surface area contributed by atoms with Crippen molar-refractivity contribution in [1.29, 1.82) is 0 Å². The fourth-order valence-electron chi connectivity index (χ4n) is 3.48. The van der Waals surface area contributed by atoms with E-state index in [-0.39, 0.29) is 11.9 Å². The number of benzene rings is 2. The summed E-state index contributed by atoms with van der Waals surface area (Å²) in [5.74, 6) is 1.13. The fraction of sp³-hybridized carbons (Fsp3) is 0.458. The van der Waals surface area contributed by atoms with Gasteiger partial charge in [-0.3, -0.25) is 4.79 Å². The second-order valence-corrected chi connectivity index (χ2v) is 8.18. The van der Waals surface area contributed by atoms with Gasteiger partial charge in [0.15, 0.2) is 0 Å². The summed E-state index contributed by atoms with van der Waals surface area (Å²) >= 11 is 0. The van der Waals surface area contributed by atoms with Crippen LogP contribution >= 0.6 is 0 Å². The molecule has 0 saturated heterocycles. The van der Waals surface area contributed by atoms with Crippen molar-refractivity contribution in [3.63, 3.8) is 0 Å². The third kappa shape index (κ3) is 5.67. The van der Waals surface area contributed by atoms with E-state index < -0.39 is 0 Å². The van der Waals surface area contributed by atoms with Crippen LogP contribution in [0.5, 0.6) is 0 Å². The summed E-state index contributed by atoms with van der Waals surface area (Å²) in [6.45, 7) is 13.3. The Balaban J connectivity index is 2.14. The van der Waals surface area contributed by atoms with Gasteiger partial charge in [-0.05, 0) is 34.4 Å². The number of rotatable bonds is 8.